The highest BCUT2D eigenvalue weighted by molar-refractivity contribution is 5.39. The Kier molecular flexibility index (Phi) is 6.29. The minimum Gasteiger partial charge on any atom is -0.467 e. The fraction of sp³-hybridized carbons (Fsp3) is 0.571. The van der Waals surface area contributed by atoms with Gasteiger partial charge in [0.1, 0.15) is 5.75 Å². The van der Waals surface area contributed by atoms with Crippen molar-refractivity contribution in [2.75, 3.05) is 13.4 Å². The number of hydrogen-bond acceptors (Lipinski definition) is 3. The predicted octanol–water partition coefficient (Wildman–Crippen LogP) is 3.36. The van der Waals surface area contributed by atoms with Crippen molar-refractivity contribution in [1.29, 1.82) is 0 Å². The molecule has 0 bridgehead atoms. The van der Waals surface area contributed by atoms with Crippen LogP contribution in [-0.2, 0) is 17.3 Å². The topological polar surface area (TPSA) is 44.5 Å². The summed E-state index contributed by atoms with van der Waals surface area (Å²) < 4.78 is 48.9. The van der Waals surface area contributed by atoms with Crippen molar-refractivity contribution in [3.05, 3.63) is 29.3 Å². The van der Waals surface area contributed by atoms with Crippen LogP contribution in [0.4, 0.5) is 13.2 Å². The summed E-state index contributed by atoms with van der Waals surface area (Å²) in [5.74, 6) is -0.222. The molecule has 3 nitrogen and oxygen atoms in total. The van der Waals surface area contributed by atoms with Crippen LogP contribution < -0.4 is 10.5 Å². The van der Waals surface area contributed by atoms with E-state index in [1.807, 2.05) is 6.92 Å². The van der Waals surface area contributed by atoms with E-state index in [0.717, 1.165) is 6.07 Å². The average molecular weight is 291 g/mol. The number of ether oxygens (including phenoxy) is 2. The molecule has 0 aliphatic heterocycles. The van der Waals surface area contributed by atoms with Crippen LogP contribution in [0.1, 0.15) is 31.4 Å². The van der Waals surface area contributed by atoms with Gasteiger partial charge in [0, 0.05) is 12.6 Å². The summed E-state index contributed by atoms with van der Waals surface area (Å²) in [6.07, 6.45) is -3.34. The van der Waals surface area contributed by atoms with Crippen LogP contribution in [0.2, 0.25) is 0 Å². The molecule has 0 aliphatic rings. The first-order chi connectivity index (χ1) is 9.38. The Morgan fingerprint density at radius 3 is 2.50 bits per heavy atom. The lowest BCUT2D eigenvalue weighted by Gasteiger charge is -2.16. The monoisotopic (exact) mass is 291 g/mol. The van der Waals surface area contributed by atoms with E-state index in [1.165, 1.54) is 6.07 Å². The van der Waals surface area contributed by atoms with Gasteiger partial charge in [0.2, 0.25) is 0 Å². The van der Waals surface area contributed by atoms with Crippen LogP contribution in [0.15, 0.2) is 18.2 Å². The molecule has 1 rings (SSSR count). The third kappa shape index (κ3) is 5.02. The second-order valence-corrected chi connectivity index (χ2v) is 4.46. The van der Waals surface area contributed by atoms with Gasteiger partial charge in [0.25, 0.3) is 0 Å². The first kappa shape index (κ1) is 16.8. The number of halogens is 3. The molecule has 0 saturated heterocycles. The highest BCUT2D eigenvalue weighted by Crippen LogP contribution is 2.37. The van der Waals surface area contributed by atoms with E-state index in [-0.39, 0.29) is 18.6 Å². The van der Waals surface area contributed by atoms with E-state index in [0.29, 0.717) is 25.0 Å². The average Bonchev–Trinajstić information content (AvgIpc) is 2.39. The van der Waals surface area contributed by atoms with Crippen molar-refractivity contribution in [3.8, 4) is 5.75 Å². The molecule has 20 heavy (non-hydrogen) atoms. The van der Waals surface area contributed by atoms with E-state index in [4.69, 9.17) is 15.2 Å². The Morgan fingerprint density at radius 2 is 1.95 bits per heavy atom. The van der Waals surface area contributed by atoms with Crippen LogP contribution in [0.25, 0.3) is 0 Å². The lowest BCUT2D eigenvalue weighted by atomic mass is 10.0. The molecular weight excluding hydrogens is 271 g/mol. The van der Waals surface area contributed by atoms with Gasteiger partial charge in [0.05, 0.1) is 5.56 Å². The largest absolute Gasteiger partial charge is 0.467 e. The van der Waals surface area contributed by atoms with Crippen molar-refractivity contribution in [1.82, 2.24) is 0 Å². The summed E-state index contributed by atoms with van der Waals surface area (Å²) >= 11 is 0. The van der Waals surface area contributed by atoms with Gasteiger partial charge in [-0.2, -0.15) is 13.2 Å². The molecular formula is C14H20F3NO2. The molecule has 114 valence electrons. The summed E-state index contributed by atoms with van der Waals surface area (Å²) in [6.45, 7) is 3.82. The molecule has 0 fully saturated rings. The molecule has 0 radical (unpaired) electrons. The zero-order chi connectivity index (χ0) is 15.2. The second kappa shape index (κ2) is 7.50. The van der Waals surface area contributed by atoms with E-state index in [9.17, 15) is 13.2 Å². The van der Waals surface area contributed by atoms with Gasteiger partial charge in [-0.3, -0.25) is 0 Å². The number of nitrogens with two attached hydrogens (primary N) is 1. The third-order valence-corrected chi connectivity index (χ3v) is 2.87. The molecule has 1 aromatic rings. The molecule has 0 saturated carbocycles. The Hall–Kier alpha value is -1.27. The van der Waals surface area contributed by atoms with E-state index >= 15 is 0 Å². The Balaban J connectivity index is 2.95. The maximum atomic E-state index is 13.0. The van der Waals surface area contributed by atoms with E-state index < -0.39 is 11.7 Å². The Labute approximate surface area is 116 Å². The smallest absolute Gasteiger partial charge is 0.419 e. The molecule has 0 aromatic heterocycles. The highest BCUT2D eigenvalue weighted by atomic mass is 19.4. The van der Waals surface area contributed by atoms with Crippen LogP contribution in [0, 0.1) is 0 Å². The summed E-state index contributed by atoms with van der Waals surface area (Å²) in [6, 6.07) is 3.87. The molecule has 0 heterocycles. The first-order valence-corrected chi connectivity index (χ1v) is 6.54. The number of alkyl halides is 3. The van der Waals surface area contributed by atoms with Crippen LogP contribution in [-0.4, -0.2) is 19.4 Å². The van der Waals surface area contributed by atoms with Crippen molar-refractivity contribution < 1.29 is 22.6 Å². The number of rotatable bonds is 7. The van der Waals surface area contributed by atoms with Crippen molar-refractivity contribution in [3.63, 3.8) is 0 Å². The van der Waals surface area contributed by atoms with Gasteiger partial charge < -0.3 is 15.2 Å². The summed E-state index contributed by atoms with van der Waals surface area (Å²) in [7, 11) is 0. The fourth-order valence-electron chi connectivity index (χ4n) is 1.69. The zero-order valence-corrected chi connectivity index (χ0v) is 11.7. The Morgan fingerprint density at radius 1 is 1.25 bits per heavy atom. The zero-order valence-electron chi connectivity index (χ0n) is 11.7. The molecule has 6 heteroatoms. The number of benzene rings is 1. The fourth-order valence-corrected chi connectivity index (χ4v) is 1.69. The third-order valence-electron chi connectivity index (χ3n) is 2.87. The molecule has 1 atom stereocenters. The van der Waals surface area contributed by atoms with Crippen molar-refractivity contribution >= 4 is 0 Å². The van der Waals surface area contributed by atoms with Gasteiger partial charge >= 0.3 is 6.18 Å². The summed E-state index contributed by atoms with van der Waals surface area (Å²) in [4.78, 5) is 0. The molecule has 1 aromatic carbocycles. The lowest BCUT2D eigenvalue weighted by molar-refractivity contribution is -0.139. The van der Waals surface area contributed by atoms with Gasteiger partial charge in [-0.05, 0) is 37.5 Å². The lowest BCUT2D eigenvalue weighted by Crippen LogP contribution is -2.21. The quantitative estimate of drug-likeness (QED) is 0.619. The molecule has 1 unspecified atom stereocenters. The van der Waals surface area contributed by atoms with Crippen LogP contribution in [0.3, 0.4) is 0 Å². The SMILES string of the molecule is CCOCOc1ccc(CC(N)CC)cc1C(F)(F)F. The molecule has 2 N–H and O–H groups in total. The minimum absolute atomic E-state index is 0.147. The summed E-state index contributed by atoms with van der Waals surface area (Å²) in [5, 5.41) is 0. The van der Waals surface area contributed by atoms with Gasteiger partial charge in [-0.15, -0.1) is 0 Å². The van der Waals surface area contributed by atoms with Crippen LogP contribution >= 0.6 is 0 Å². The highest BCUT2D eigenvalue weighted by Gasteiger charge is 2.34. The molecule has 0 spiro atoms. The van der Waals surface area contributed by atoms with Gasteiger partial charge in [-0.1, -0.05) is 13.0 Å². The molecule has 0 aliphatic carbocycles. The predicted molar refractivity (Wildman–Crippen MR) is 70.5 cm³/mol. The molecule has 0 amide bonds. The van der Waals surface area contributed by atoms with Crippen molar-refractivity contribution in [2.45, 2.75) is 38.9 Å². The Bertz CT molecular complexity index is 421. The van der Waals surface area contributed by atoms with E-state index in [2.05, 4.69) is 0 Å². The van der Waals surface area contributed by atoms with Gasteiger partial charge in [-0.25, -0.2) is 0 Å². The van der Waals surface area contributed by atoms with E-state index in [1.54, 1.807) is 13.0 Å². The maximum absolute atomic E-state index is 13.0. The van der Waals surface area contributed by atoms with Gasteiger partial charge in [0.15, 0.2) is 6.79 Å². The second-order valence-electron chi connectivity index (χ2n) is 4.46. The standard InChI is InChI=1S/C14H20F3NO2/c1-3-11(18)7-10-5-6-13(20-9-19-4-2)12(8-10)14(15,16)17/h5-6,8,11H,3-4,7,9,18H2,1-2H3. The minimum atomic E-state index is -4.46. The normalized spacial score (nSPS) is 13.3. The first-order valence-electron chi connectivity index (χ1n) is 6.54. The van der Waals surface area contributed by atoms with Crippen molar-refractivity contribution in [2.24, 2.45) is 5.73 Å². The van der Waals surface area contributed by atoms with Crippen LogP contribution in [0.5, 0.6) is 5.75 Å². The maximum Gasteiger partial charge on any atom is 0.419 e. The summed E-state index contributed by atoms with van der Waals surface area (Å²) in [5.41, 5.74) is 5.53. The number of hydrogen-bond donors (Lipinski definition) is 1.